The van der Waals surface area contributed by atoms with E-state index >= 15 is 0 Å². The minimum absolute atomic E-state index is 0.725. The van der Waals surface area contributed by atoms with Crippen molar-refractivity contribution in [2.24, 2.45) is 0 Å². The van der Waals surface area contributed by atoms with Crippen molar-refractivity contribution in [3.63, 3.8) is 0 Å². The number of aromatic nitrogens is 2. The average Bonchev–Trinajstić information content (AvgIpc) is 3.35. The summed E-state index contributed by atoms with van der Waals surface area (Å²) in [6, 6.07) is 19.9. The van der Waals surface area contributed by atoms with E-state index in [2.05, 4.69) is 21.3 Å². The van der Waals surface area contributed by atoms with Crippen molar-refractivity contribution in [1.29, 1.82) is 0 Å². The summed E-state index contributed by atoms with van der Waals surface area (Å²) in [7, 11) is 3.23. The Labute approximate surface area is 170 Å². The summed E-state index contributed by atoms with van der Waals surface area (Å²) in [5.41, 5.74) is 2.10. The van der Waals surface area contributed by atoms with Crippen LogP contribution in [0, 0.1) is 0 Å². The highest BCUT2D eigenvalue weighted by atomic mass is 35.5. The fourth-order valence-electron chi connectivity index (χ4n) is 2.64. The molecule has 4 aromatic rings. The predicted octanol–water partition coefficient (Wildman–Crippen LogP) is 7.37. The molecule has 0 amide bonds. The SMILES string of the molecule is Clc1cccc(-n2cccc2)c1SSc1c(Cl)cccc1-n1cccc1. The maximum absolute atomic E-state index is 6.51. The summed E-state index contributed by atoms with van der Waals surface area (Å²) in [5.74, 6) is 0. The molecule has 0 fully saturated rings. The zero-order valence-corrected chi connectivity index (χ0v) is 16.7. The van der Waals surface area contributed by atoms with E-state index in [0.717, 1.165) is 31.2 Å². The van der Waals surface area contributed by atoms with Crippen LogP contribution < -0.4 is 0 Å². The molecule has 4 rings (SSSR count). The molecule has 130 valence electrons. The highest BCUT2D eigenvalue weighted by molar-refractivity contribution is 8.76. The molecule has 0 N–H and O–H groups in total. The molecular formula is C20H14Cl2N2S2. The second-order valence-electron chi connectivity index (χ2n) is 5.52. The van der Waals surface area contributed by atoms with Crippen molar-refractivity contribution >= 4 is 44.8 Å². The molecule has 0 radical (unpaired) electrons. The maximum atomic E-state index is 6.51. The lowest BCUT2D eigenvalue weighted by Crippen LogP contribution is -1.94. The highest BCUT2D eigenvalue weighted by Gasteiger charge is 2.14. The van der Waals surface area contributed by atoms with Gasteiger partial charge >= 0.3 is 0 Å². The van der Waals surface area contributed by atoms with Crippen LogP contribution >= 0.6 is 44.8 Å². The maximum Gasteiger partial charge on any atom is 0.0613 e. The molecule has 2 heterocycles. The van der Waals surface area contributed by atoms with Crippen LogP contribution in [0.2, 0.25) is 10.0 Å². The van der Waals surface area contributed by atoms with Crippen LogP contribution in [0.4, 0.5) is 0 Å². The van der Waals surface area contributed by atoms with E-state index in [4.69, 9.17) is 23.2 Å². The van der Waals surface area contributed by atoms with Gasteiger partial charge in [0.1, 0.15) is 0 Å². The van der Waals surface area contributed by atoms with Gasteiger partial charge in [0.15, 0.2) is 0 Å². The Hall–Kier alpha value is -1.72. The van der Waals surface area contributed by atoms with Gasteiger partial charge in [-0.25, -0.2) is 0 Å². The topological polar surface area (TPSA) is 9.86 Å². The summed E-state index contributed by atoms with van der Waals surface area (Å²) >= 11 is 13.0. The van der Waals surface area contributed by atoms with Crippen molar-refractivity contribution in [3.8, 4) is 11.4 Å². The minimum Gasteiger partial charge on any atom is -0.323 e. The lowest BCUT2D eigenvalue weighted by molar-refractivity contribution is 1.04. The van der Waals surface area contributed by atoms with Gasteiger partial charge in [-0.05, 0) is 70.1 Å². The monoisotopic (exact) mass is 416 g/mol. The van der Waals surface area contributed by atoms with Crippen molar-refractivity contribution in [2.45, 2.75) is 9.79 Å². The minimum atomic E-state index is 0.725. The summed E-state index contributed by atoms with van der Waals surface area (Å²) < 4.78 is 4.13. The quantitative estimate of drug-likeness (QED) is 0.314. The Morgan fingerprint density at radius 1 is 0.538 bits per heavy atom. The van der Waals surface area contributed by atoms with Gasteiger partial charge in [0.2, 0.25) is 0 Å². The van der Waals surface area contributed by atoms with E-state index in [1.165, 1.54) is 0 Å². The van der Waals surface area contributed by atoms with Gasteiger partial charge < -0.3 is 9.13 Å². The molecule has 0 aliphatic carbocycles. The Kier molecular flexibility index (Phi) is 5.36. The Bertz CT molecular complexity index is 929. The number of hydrogen-bond donors (Lipinski definition) is 0. The predicted molar refractivity (Wildman–Crippen MR) is 113 cm³/mol. The van der Waals surface area contributed by atoms with Crippen LogP contribution in [-0.4, -0.2) is 9.13 Å². The van der Waals surface area contributed by atoms with Crippen LogP contribution in [0.3, 0.4) is 0 Å². The van der Waals surface area contributed by atoms with Crippen molar-refractivity contribution in [1.82, 2.24) is 9.13 Å². The first-order chi connectivity index (χ1) is 12.7. The molecule has 0 bridgehead atoms. The molecular weight excluding hydrogens is 403 g/mol. The lowest BCUT2D eigenvalue weighted by Gasteiger charge is -2.14. The van der Waals surface area contributed by atoms with Gasteiger partial charge in [0.25, 0.3) is 0 Å². The zero-order valence-electron chi connectivity index (χ0n) is 13.5. The third-order valence-electron chi connectivity index (χ3n) is 3.87. The van der Waals surface area contributed by atoms with E-state index in [1.807, 2.05) is 73.3 Å². The second-order valence-corrected chi connectivity index (χ2v) is 8.49. The first kappa shape index (κ1) is 17.7. The Balaban J connectivity index is 1.70. The molecule has 0 saturated carbocycles. The molecule has 0 aliphatic heterocycles. The molecule has 0 atom stereocenters. The van der Waals surface area contributed by atoms with E-state index in [1.54, 1.807) is 21.6 Å². The van der Waals surface area contributed by atoms with Gasteiger partial charge in [-0.2, -0.15) is 0 Å². The van der Waals surface area contributed by atoms with E-state index in [-0.39, 0.29) is 0 Å². The molecule has 6 heteroatoms. The Morgan fingerprint density at radius 2 is 0.923 bits per heavy atom. The molecule has 0 aliphatic rings. The van der Waals surface area contributed by atoms with Crippen molar-refractivity contribution < 1.29 is 0 Å². The summed E-state index contributed by atoms with van der Waals surface area (Å²) in [4.78, 5) is 2.02. The molecule has 2 nitrogen and oxygen atoms in total. The van der Waals surface area contributed by atoms with Crippen molar-refractivity contribution in [2.75, 3.05) is 0 Å². The molecule has 0 spiro atoms. The number of halogens is 2. The fraction of sp³-hybridized carbons (Fsp3) is 0. The molecule has 2 aromatic carbocycles. The zero-order chi connectivity index (χ0) is 17.9. The normalized spacial score (nSPS) is 11.0. The lowest BCUT2D eigenvalue weighted by atomic mass is 10.3. The van der Waals surface area contributed by atoms with Crippen LogP contribution in [0.5, 0.6) is 0 Å². The van der Waals surface area contributed by atoms with Crippen LogP contribution in [0.25, 0.3) is 11.4 Å². The second kappa shape index (κ2) is 7.89. The number of nitrogens with zero attached hydrogens (tertiary/aromatic N) is 2. The average molecular weight is 417 g/mol. The van der Waals surface area contributed by atoms with Gasteiger partial charge in [-0.15, -0.1) is 0 Å². The number of benzene rings is 2. The molecule has 2 aromatic heterocycles. The van der Waals surface area contributed by atoms with E-state index in [0.29, 0.717) is 0 Å². The summed E-state index contributed by atoms with van der Waals surface area (Å²) in [6.45, 7) is 0. The fourth-order valence-corrected chi connectivity index (χ4v) is 6.02. The van der Waals surface area contributed by atoms with Gasteiger partial charge in [0.05, 0.1) is 31.2 Å². The first-order valence-corrected chi connectivity index (χ1v) is 10.8. The van der Waals surface area contributed by atoms with Crippen LogP contribution in [0.1, 0.15) is 0 Å². The summed E-state index contributed by atoms with van der Waals surface area (Å²) in [5, 5.41) is 1.45. The van der Waals surface area contributed by atoms with Gasteiger partial charge in [0, 0.05) is 24.8 Å². The first-order valence-electron chi connectivity index (χ1n) is 7.92. The number of hydrogen-bond acceptors (Lipinski definition) is 2. The van der Waals surface area contributed by atoms with Gasteiger partial charge in [-0.1, -0.05) is 35.3 Å². The van der Waals surface area contributed by atoms with Crippen LogP contribution in [0.15, 0.2) is 95.2 Å². The summed E-state index contributed by atoms with van der Waals surface area (Å²) in [6.07, 6.45) is 8.06. The highest BCUT2D eigenvalue weighted by Crippen LogP contribution is 2.47. The molecule has 0 unspecified atom stereocenters. The standard InChI is InChI=1S/C20H14Cl2N2S2/c21-15-7-5-9-17(23-11-1-2-12-23)19(15)25-26-20-16(22)8-6-10-18(20)24-13-3-4-14-24/h1-14H. The Morgan fingerprint density at radius 3 is 1.31 bits per heavy atom. The number of rotatable bonds is 5. The van der Waals surface area contributed by atoms with Crippen molar-refractivity contribution in [3.05, 3.63) is 95.5 Å². The smallest absolute Gasteiger partial charge is 0.0613 e. The van der Waals surface area contributed by atoms with Crippen LogP contribution in [-0.2, 0) is 0 Å². The van der Waals surface area contributed by atoms with Gasteiger partial charge in [-0.3, -0.25) is 0 Å². The van der Waals surface area contributed by atoms with E-state index in [9.17, 15) is 0 Å². The largest absolute Gasteiger partial charge is 0.323 e. The third kappa shape index (κ3) is 3.55. The van der Waals surface area contributed by atoms with E-state index < -0.39 is 0 Å². The molecule has 26 heavy (non-hydrogen) atoms. The third-order valence-corrected chi connectivity index (χ3v) is 7.24. The molecule has 0 saturated heterocycles.